The van der Waals surface area contributed by atoms with Gasteiger partial charge < -0.3 is 10.1 Å². The molecule has 1 atom stereocenters. The van der Waals surface area contributed by atoms with Crippen LogP contribution in [0.2, 0.25) is 0 Å². The summed E-state index contributed by atoms with van der Waals surface area (Å²) >= 11 is 0. The Kier molecular flexibility index (Phi) is 4.58. The first-order chi connectivity index (χ1) is 15.8. The van der Waals surface area contributed by atoms with Crippen molar-refractivity contribution < 1.29 is 18.7 Å². The average Bonchev–Trinajstić information content (AvgIpc) is 3.40. The van der Waals surface area contributed by atoms with Crippen LogP contribution in [0.1, 0.15) is 25.0 Å². The number of benzene rings is 1. The smallest absolute Gasteiger partial charge is 0.243 e. The maximum absolute atomic E-state index is 14.1. The minimum atomic E-state index is -1.16. The van der Waals surface area contributed by atoms with Crippen LogP contribution < -0.4 is 20.9 Å². The van der Waals surface area contributed by atoms with Gasteiger partial charge in [0.05, 0.1) is 19.2 Å². The van der Waals surface area contributed by atoms with Gasteiger partial charge in [-0.05, 0) is 13.0 Å². The standard InChI is InChI=1S/C21H19FN8O3/c1-10(31)27-28-19-21(2)15-17(25-19)23-16(24-18(15)26-20(21)32)13-8-14(33-3)30(29-13)9-11-6-4-5-7-12(11)22/h4-8H,9H2,1-3H3,(H,27,31)(H2,23,24,25,26,28,32). The van der Waals surface area contributed by atoms with Gasteiger partial charge in [-0.15, -0.1) is 0 Å². The normalized spacial score (nSPS) is 17.9. The Hall–Kier alpha value is -4.35. The molecule has 11 nitrogen and oxygen atoms in total. The van der Waals surface area contributed by atoms with Gasteiger partial charge >= 0.3 is 0 Å². The summed E-state index contributed by atoms with van der Waals surface area (Å²) in [6, 6.07) is 8.02. The molecule has 3 aromatic rings. The van der Waals surface area contributed by atoms with E-state index in [1.54, 1.807) is 31.2 Å². The monoisotopic (exact) mass is 450 g/mol. The molecule has 0 aliphatic carbocycles. The van der Waals surface area contributed by atoms with Crippen molar-refractivity contribution >= 4 is 29.3 Å². The van der Waals surface area contributed by atoms with E-state index < -0.39 is 5.41 Å². The van der Waals surface area contributed by atoms with E-state index in [0.717, 1.165) is 0 Å². The van der Waals surface area contributed by atoms with Gasteiger partial charge in [-0.2, -0.15) is 5.10 Å². The zero-order valence-electron chi connectivity index (χ0n) is 17.9. The minimum Gasteiger partial charge on any atom is -0.481 e. The molecule has 33 heavy (non-hydrogen) atoms. The van der Waals surface area contributed by atoms with Crippen molar-refractivity contribution in [2.45, 2.75) is 25.8 Å². The van der Waals surface area contributed by atoms with Crippen molar-refractivity contribution in [3.05, 3.63) is 47.3 Å². The van der Waals surface area contributed by atoms with Crippen LogP contribution in [-0.4, -0.2) is 44.5 Å². The number of nitrogens with one attached hydrogen (secondary N) is 3. The molecule has 0 bridgehead atoms. The molecule has 0 fully saturated rings. The third-order valence-corrected chi connectivity index (χ3v) is 5.58. The topological polar surface area (TPSA) is 135 Å². The lowest BCUT2D eigenvalue weighted by atomic mass is 9.85. The van der Waals surface area contributed by atoms with Crippen molar-refractivity contribution in [2.75, 3.05) is 12.4 Å². The van der Waals surface area contributed by atoms with Gasteiger partial charge in [0, 0.05) is 18.6 Å². The lowest BCUT2D eigenvalue weighted by Gasteiger charge is -2.20. The van der Waals surface area contributed by atoms with Crippen molar-refractivity contribution in [1.82, 2.24) is 30.6 Å². The second kappa shape index (κ2) is 7.36. The lowest BCUT2D eigenvalue weighted by molar-refractivity contribution is -0.120. The Labute approximate surface area is 187 Å². The average molecular weight is 450 g/mol. The molecule has 5 rings (SSSR count). The molecule has 0 radical (unpaired) electrons. The number of amides is 2. The highest BCUT2D eigenvalue weighted by Gasteiger charge is 2.54. The summed E-state index contributed by atoms with van der Waals surface area (Å²) in [6.45, 7) is 3.15. The first-order valence-corrected chi connectivity index (χ1v) is 10.0. The maximum atomic E-state index is 14.1. The van der Waals surface area contributed by atoms with Crippen LogP contribution in [0.15, 0.2) is 35.3 Å². The summed E-state index contributed by atoms with van der Waals surface area (Å²) in [5.41, 5.74) is 5.30. The number of anilines is 1. The number of ether oxygens (including phenoxy) is 1. The van der Waals surface area contributed by atoms with Crippen LogP contribution >= 0.6 is 0 Å². The van der Waals surface area contributed by atoms with Gasteiger partial charge in [-0.3, -0.25) is 20.4 Å². The van der Waals surface area contributed by atoms with Crippen LogP contribution in [0.4, 0.5) is 16.0 Å². The van der Waals surface area contributed by atoms with Gasteiger partial charge in [0.15, 0.2) is 11.6 Å². The number of hydrogen-bond donors (Lipinski definition) is 3. The number of aliphatic imine (C=N–C) groups is 1. The summed E-state index contributed by atoms with van der Waals surface area (Å²) in [6.07, 6.45) is 0. The molecule has 1 aromatic carbocycles. The van der Waals surface area contributed by atoms with E-state index in [-0.39, 0.29) is 41.7 Å². The van der Waals surface area contributed by atoms with Gasteiger partial charge in [0.1, 0.15) is 28.6 Å². The van der Waals surface area contributed by atoms with E-state index >= 15 is 0 Å². The number of amidine groups is 1. The predicted molar refractivity (Wildman–Crippen MR) is 115 cm³/mol. The third kappa shape index (κ3) is 3.18. The third-order valence-electron chi connectivity index (χ3n) is 5.58. The van der Waals surface area contributed by atoms with Crippen LogP contribution in [0, 0.1) is 5.82 Å². The zero-order valence-corrected chi connectivity index (χ0v) is 17.9. The SMILES string of the molecule is COc1cc(-c2nc3c4c(n2)NC(=O)C4(C)C(NNC(C)=O)=N3)nn1Cc1ccccc1F. The molecule has 168 valence electrons. The van der Waals surface area contributed by atoms with Crippen LogP contribution in [-0.2, 0) is 21.5 Å². The molecule has 0 saturated carbocycles. The fraction of sp³-hybridized carbons (Fsp3) is 0.238. The van der Waals surface area contributed by atoms with E-state index in [1.807, 2.05) is 0 Å². The Bertz CT molecular complexity index is 1350. The number of carbonyl (C=O) groups excluding carboxylic acids is 2. The van der Waals surface area contributed by atoms with E-state index in [4.69, 9.17) is 4.74 Å². The van der Waals surface area contributed by atoms with E-state index in [9.17, 15) is 14.0 Å². The molecule has 12 heteroatoms. The quantitative estimate of drug-likeness (QED) is 0.512. The second-order valence-corrected chi connectivity index (χ2v) is 7.76. The Morgan fingerprint density at radius 2 is 2.09 bits per heavy atom. The number of aromatic nitrogens is 4. The van der Waals surface area contributed by atoms with Gasteiger partial charge in [-0.1, -0.05) is 18.2 Å². The first-order valence-electron chi connectivity index (χ1n) is 10.0. The number of methoxy groups -OCH3 is 1. The highest BCUT2D eigenvalue weighted by molar-refractivity contribution is 6.25. The van der Waals surface area contributed by atoms with Crippen LogP contribution in [0.25, 0.3) is 11.5 Å². The number of rotatable bonds is 4. The molecule has 2 amide bonds. The number of hydrogen-bond acceptors (Lipinski definition) is 8. The Balaban J connectivity index is 1.54. The summed E-state index contributed by atoms with van der Waals surface area (Å²) in [7, 11) is 1.48. The van der Waals surface area contributed by atoms with Crippen molar-refractivity contribution in [3.8, 4) is 17.4 Å². The number of carbonyl (C=O) groups is 2. The van der Waals surface area contributed by atoms with Crippen molar-refractivity contribution in [1.29, 1.82) is 0 Å². The molecule has 2 aliphatic heterocycles. The van der Waals surface area contributed by atoms with E-state index in [0.29, 0.717) is 28.5 Å². The molecule has 0 saturated heterocycles. The highest BCUT2D eigenvalue weighted by Crippen LogP contribution is 2.47. The molecule has 4 heterocycles. The van der Waals surface area contributed by atoms with Crippen molar-refractivity contribution in [3.63, 3.8) is 0 Å². The summed E-state index contributed by atoms with van der Waals surface area (Å²) in [4.78, 5) is 37.5. The summed E-state index contributed by atoms with van der Waals surface area (Å²) in [5, 5.41) is 7.23. The Morgan fingerprint density at radius 1 is 1.30 bits per heavy atom. The van der Waals surface area contributed by atoms with Crippen LogP contribution in [0.3, 0.4) is 0 Å². The molecule has 0 spiro atoms. The largest absolute Gasteiger partial charge is 0.481 e. The fourth-order valence-electron chi connectivity index (χ4n) is 3.86. The summed E-state index contributed by atoms with van der Waals surface area (Å²) < 4.78 is 21.0. The maximum Gasteiger partial charge on any atom is 0.243 e. The van der Waals surface area contributed by atoms with Crippen molar-refractivity contribution in [2.24, 2.45) is 4.99 Å². The van der Waals surface area contributed by atoms with Crippen LogP contribution in [0.5, 0.6) is 5.88 Å². The molecule has 3 N–H and O–H groups in total. The summed E-state index contributed by atoms with van der Waals surface area (Å²) in [5.74, 6) is 0.395. The number of hydrazine groups is 1. The molecule has 1 unspecified atom stereocenters. The fourth-order valence-corrected chi connectivity index (χ4v) is 3.86. The number of nitrogens with zero attached hydrogens (tertiary/aromatic N) is 5. The zero-order chi connectivity index (χ0) is 23.3. The highest BCUT2D eigenvalue weighted by atomic mass is 19.1. The van der Waals surface area contributed by atoms with Gasteiger partial charge in [-0.25, -0.2) is 24.0 Å². The minimum absolute atomic E-state index is 0.144. The van der Waals surface area contributed by atoms with E-state index in [1.165, 1.54) is 24.8 Å². The molecular weight excluding hydrogens is 431 g/mol. The lowest BCUT2D eigenvalue weighted by Crippen LogP contribution is -2.51. The number of halogens is 1. The van der Waals surface area contributed by atoms with E-state index in [2.05, 4.69) is 36.2 Å². The Morgan fingerprint density at radius 3 is 2.82 bits per heavy atom. The predicted octanol–water partition coefficient (Wildman–Crippen LogP) is 1.43. The molecular formula is C21H19FN8O3. The van der Waals surface area contributed by atoms with Gasteiger partial charge in [0.2, 0.25) is 17.7 Å². The molecule has 2 aromatic heterocycles. The first kappa shape index (κ1) is 20.5. The molecule has 2 aliphatic rings. The van der Waals surface area contributed by atoms with Gasteiger partial charge in [0.25, 0.3) is 0 Å². The second-order valence-electron chi connectivity index (χ2n) is 7.76.